The van der Waals surface area contributed by atoms with E-state index in [0.29, 0.717) is 6.61 Å². The molecule has 0 bridgehead atoms. The summed E-state index contributed by atoms with van der Waals surface area (Å²) >= 11 is 0. The van der Waals surface area contributed by atoms with E-state index in [1.807, 2.05) is 12.1 Å². The Morgan fingerprint density at radius 3 is 2.90 bits per heavy atom. The van der Waals surface area contributed by atoms with Crippen molar-refractivity contribution in [1.82, 2.24) is 5.32 Å². The highest BCUT2D eigenvalue weighted by Crippen LogP contribution is 2.33. The van der Waals surface area contributed by atoms with Crippen molar-refractivity contribution in [3.05, 3.63) is 29.8 Å². The summed E-state index contributed by atoms with van der Waals surface area (Å²) in [5, 5.41) is 3.62. The van der Waals surface area contributed by atoms with E-state index < -0.39 is 0 Å². The third-order valence-corrected chi connectivity index (χ3v) is 3.90. The maximum atomic E-state index is 6.11. The van der Waals surface area contributed by atoms with E-state index in [0.717, 1.165) is 37.7 Å². The maximum Gasteiger partial charge on any atom is 0.124 e. The van der Waals surface area contributed by atoms with Crippen LogP contribution in [-0.2, 0) is 4.74 Å². The first-order valence-corrected chi connectivity index (χ1v) is 8.29. The van der Waals surface area contributed by atoms with Gasteiger partial charge < -0.3 is 14.8 Å². The molecule has 1 aromatic rings. The van der Waals surface area contributed by atoms with Gasteiger partial charge in [0.05, 0.1) is 6.04 Å². The zero-order valence-corrected chi connectivity index (χ0v) is 13.6. The fourth-order valence-corrected chi connectivity index (χ4v) is 2.75. The number of hydrogen-bond acceptors (Lipinski definition) is 3. The predicted molar refractivity (Wildman–Crippen MR) is 86.8 cm³/mol. The van der Waals surface area contributed by atoms with Gasteiger partial charge in [0.15, 0.2) is 0 Å². The van der Waals surface area contributed by atoms with E-state index in [-0.39, 0.29) is 12.1 Å². The molecular weight excluding hydrogens is 262 g/mol. The van der Waals surface area contributed by atoms with Gasteiger partial charge in [-0.3, -0.25) is 0 Å². The lowest BCUT2D eigenvalue weighted by Gasteiger charge is -2.34. The van der Waals surface area contributed by atoms with Crippen LogP contribution in [-0.4, -0.2) is 25.9 Å². The van der Waals surface area contributed by atoms with Crippen molar-refractivity contribution >= 4 is 0 Å². The van der Waals surface area contributed by atoms with E-state index in [2.05, 4.69) is 38.2 Å². The molecule has 1 N–H and O–H groups in total. The van der Waals surface area contributed by atoms with Crippen molar-refractivity contribution in [2.24, 2.45) is 5.92 Å². The molecule has 118 valence electrons. The molecule has 3 nitrogen and oxygen atoms in total. The van der Waals surface area contributed by atoms with E-state index in [9.17, 15) is 0 Å². The van der Waals surface area contributed by atoms with E-state index >= 15 is 0 Å². The highest BCUT2D eigenvalue weighted by Gasteiger charge is 2.30. The minimum Gasteiger partial charge on any atom is -0.490 e. The van der Waals surface area contributed by atoms with Gasteiger partial charge in [-0.15, -0.1) is 0 Å². The zero-order chi connectivity index (χ0) is 15.1. The van der Waals surface area contributed by atoms with Crippen LogP contribution in [0.25, 0.3) is 0 Å². The summed E-state index contributed by atoms with van der Waals surface area (Å²) in [5.74, 6) is 1.74. The maximum absolute atomic E-state index is 6.11. The summed E-state index contributed by atoms with van der Waals surface area (Å²) in [6.07, 6.45) is 3.58. The van der Waals surface area contributed by atoms with Crippen molar-refractivity contribution in [3.63, 3.8) is 0 Å². The molecule has 3 heteroatoms. The SMILES string of the molecule is CCCNC1c2ccccc2OCC1OCCCC(C)C. The van der Waals surface area contributed by atoms with Gasteiger partial charge in [0.1, 0.15) is 18.5 Å². The Morgan fingerprint density at radius 2 is 2.14 bits per heavy atom. The summed E-state index contributed by atoms with van der Waals surface area (Å²) in [6, 6.07) is 8.54. The first kappa shape index (κ1) is 16.3. The van der Waals surface area contributed by atoms with E-state index in [4.69, 9.17) is 9.47 Å². The van der Waals surface area contributed by atoms with Gasteiger partial charge in [-0.2, -0.15) is 0 Å². The van der Waals surface area contributed by atoms with Gasteiger partial charge in [0, 0.05) is 12.2 Å². The molecule has 2 atom stereocenters. The highest BCUT2D eigenvalue weighted by atomic mass is 16.5. The summed E-state index contributed by atoms with van der Waals surface area (Å²) in [4.78, 5) is 0. The Bertz CT molecular complexity index is 419. The molecule has 2 rings (SSSR count). The second-order valence-corrected chi connectivity index (χ2v) is 6.23. The zero-order valence-electron chi connectivity index (χ0n) is 13.6. The summed E-state index contributed by atoms with van der Waals surface area (Å²) in [5.41, 5.74) is 1.23. The summed E-state index contributed by atoms with van der Waals surface area (Å²) in [6.45, 7) is 9.16. The quantitative estimate of drug-likeness (QED) is 0.736. The molecule has 0 aromatic heterocycles. The van der Waals surface area contributed by atoms with Gasteiger partial charge in [-0.05, 0) is 37.8 Å². The van der Waals surface area contributed by atoms with Crippen molar-refractivity contribution in [2.45, 2.75) is 52.2 Å². The molecule has 0 amide bonds. The van der Waals surface area contributed by atoms with Crippen LogP contribution < -0.4 is 10.1 Å². The van der Waals surface area contributed by atoms with Gasteiger partial charge in [-0.25, -0.2) is 0 Å². The summed E-state index contributed by atoms with van der Waals surface area (Å²) < 4.78 is 12.0. The third kappa shape index (κ3) is 4.72. The molecule has 1 aliphatic rings. The van der Waals surface area contributed by atoms with Crippen LogP contribution in [0.4, 0.5) is 0 Å². The van der Waals surface area contributed by atoms with Gasteiger partial charge in [0.2, 0.25) is 0 Å². The Morgan fingerprint density at radius 1 is 1.33 bits per heavy atom. The van der Waals surface area contributed by atoms with Gasteiger partial charge >= 0.3 is 0 Å². The molecule has 21 heavy (non-hydrogen) atoms. The molecule has 0 saturated heterocycles. The van der Waals surface area contributed by atoms with Crippen LogP contribution >= 0.6 is 0 Å². The molecule has 1 heterocycles. The first-order chi connectivity index (χ1) is 10.2. The van der Waals surface area contributed by atoms with Crippen molar-refractivity contribution in [1.29, 1.82) is 0 Å². The summed E-state index contributed by atoms with van der Waals surface area (Å²) in [7, 11) is 0. The molecular formula is C18H29NO2. The molecule has 0 saturated carbocycles. The molecule has 0 spiro atoms. The lowest BCUT2D eigenvalue weighted by molar-refractivity contribution is -0.0174. The van der Waals surface area contributed by atoms with Crippen molar-refractivity contribution < 1.29 is 9.47 Å². The second-order valence-electron chi connectivity index (χ2n) is 6.23. The smallest absolute Gasteiger partial charge is 0.124 e. The van der Waals surface area contributed by atoms with Crippen LogP contribution in [0.15, 0.2) is 24.3 Å². The highest BCUT2D eigenvalue weighted by molar-refractivity contribution is 5.38. The molecule has 2 unspecified atom stereocenters. The topological polar surface area (TPSA) is 30.5 Å². The Hall–Kier alpha value is -1.06. The number of benzene rings is 1. The lowest BCUT2D eigenvalue weighted by atomic mass is 9.98. The normalized spacial score (nSPS) is 21.1. The van der Waals surface area contributed by atoms with Crippen LogP contribution in [0.5, 0.6) is 5.75 Å². The number of hydrogen-bond donors (Lipinski definition) is 1. The third-order valence-electron chi connectivity index (χ3n) is 3.90. The second kappa shape index (κ2) is 8.40. The number of para-hydroxylation sites is 1. The standard InChI is InChI=1S/C18H29NO2/c1-4-11-19-18-15-9-5-6-10-16(15)21-13-17(18)20-12-7-8-14(2)3/h5-6,9-10,14,17-19H,4,7-8,11-13H2,1-3H3. The molecule has 0 radical (unpaired) electrons. The number of fused-ring (bicyclic) bond motifs is 1. The van der Waals surface area contributed by atoms with Gasteiger partial charge in [-0.1, -0.05) is 39.0 Å². The van der Waals surface area contributed by atoms with Crippen molar-refractivity contribution in [3.8, 4) is 5.75 Å². The molecule has 1 aromatic carbocycles. The largest absolute Gasteiger partial charge is 0.490 e. The minimum absolute atomic E-state index is 0.110. The van der Waals surface area contributed by atoms with Gasteiger partial charge in [0.25, 0.3) is 0 Å². The average Bonchev–Trinajstić information content (AvgIpc) is 2.49. The Balaban J connectivity index is 1.96. The van der Waals surface area contributed by atoms with Crippen LogP contribution in [0, 0.1) is 5.92 Å². The fraction of sp³-hybridized carbons (Fsp3) is 0.667. The van der Waals surface area contributed by atoms with Crippen LogP contribution in [0.1, 0.15) is 51.6 Å². The minimum atomic E-state index is 0.110. The molecule has 0 aliphatic carbocycles. The number of ether oxygens (including phenoxy) is 2. The van der Waals surface area contributed by atoms with Crippen LogP contribution in [0.3, 0.4) is 0 Å². The molecule has 0 fully saturated rings. The van der Waals surface area contributed by atoms with Crippen LogP contribution in [0.2, 0.25) is 0 Å². The van der Waals surface area contributed by atoms with E-state index in [1.54, 1.807) is 0 Å². The average molecular weight is 291 g/mol. The van der Waals surface area contributed by atoms with Crippen molar-refractivity contribution in [2.75, 3.05) is 19.8 Å². The lowest BCUT2D eigenvalue weighted by Crippen LogP contribution is -2.41. The molecule has 1 aliphatic heterocycles. The predicted octanol–water partition coefficient (Wildman–Crippen LogP) is 3.94. The van der Waals surface area contributed by atoms with E-state index in [1.165, 1.54) is 12.0 Å². The monoisotopic (exact) mass is 291 g/mol. The number of nitrogens with one attached hydrogen (secondary N) is 1. The Kier molecular flexibility index (Phi) is 6.52. The Labute approximate surface area is 129 Å². The number of rotatable bonds is 8. The fourth-order valence-electron chi connectivity index (χ4n) is 2.75. The first-order valence-electron chi connectivity index (χ1n) is 8.29.